The van der Waals surface area contributed by atoms with Crippen molar-refractivity contribution in [2.75, 3.05) is 0 Å². The molecule has 1 atom stereocenters. The second kappa shape index (κ2) is 11.5. The summed E-state index contributed by atoms with van der Waals surface area (Å²) < 4.78 is 20.2. The topological polar surface area (TPSA) is 35.2 Å². The van der Waals surface area contributed by atoms with Crippen molar-refractivity contribution in [3.63, 3.8) is 0 Å². The number of benzene rings is 1. The molecule has 2 N–H and O–H groups in total. The van der Waals surface area contributed by atoms with Crippen LogP contribution in [-0.2, 0) is 0 Å². The van der Waals surface area contributed by atoms with Crippen LogP contribution in [0.5, 0.6) is 5.75 Å². The van der Waals surface area contributed by atoms with Crippen LogP contribution in [0.3, 0.4) is 0 Å². The van der Waals surface area contributed by atoms with E-state index < -0.39 is 4.84 Å². The maximum absolute atomic E-state index is 14.0. The van der Waals surface area contributed by atoms with E-state index in [1.54, 1.807) is 0 Å². The fourth-order valence-electron chi connectivity index (χ4n) is 6.01. The molecule has 0 heterocycles. The van der Waals surface area contributed by atoms with Crippen molar-refractivity contribution in [2.24, 2.45) is 5.14 Å². The first-order valence-corrected chi connectivity index (χ1v) is 14.0. The minimum absolute atomic E-state index is 0.559. The van der Waals surface area contributed by atoms with Gasteiger partial charge < -0.3 is 4.18 Å². The van der Waals surface area contributed by atoms with E-state index in [1.165, 1.54) is 113 Å². The van der Waals surface area contributed by atoms with Gasteiger partial charge in [0.25, 0.3) is 0 Å². The minimum atomic E-state index is -1.25. The van der Waals surface area contributed by atoms with Gasteiger partial charge in [-0.2, -0.15) is 0 Å². The molecule has 1 unspecified atom stereocenters. The zero-order valence-corrected chi connectivity index (χ0v) is 19.9. The molecule has 0 spiro atoms. The van der Waals surface area contributed by atoms with Crippen LogP contribution < -0.4 is 9.32 Å². The van der Waals surface area contributed by atoms with Crippen LogP contribution >= 0.6 is 24.0 Å². The minimum Gasteiger partial charge on any atom is -0.421 e. The Morgan fingerprint density at radius 1 is 0.733 bits per heavy atom. The van der Waals surface area contributed by atoms with E-state index in [9.17, 15) is 4.39 Å². The molecule has 3 aliphatic carbocycles. The molecule has 3 aliphatic rings. The molecule has 3 saturated carbocycles. The van der Waals surface area contributed by atoms with Gasteiger partial charge in [0.2, 0.25) is 4.84 Å². The molecule has 2 nitrogen and oxygen atoms in total. The largest absolute Gasteiger partial charge is 0.421 e. The Morgan fingerprint density at radius 3 is 1.60 bits per heavy atom. The summed E-state index contributed by atoms with van der Waals surface area (Å²) in [5.41, 5.74) is 4.29. The van der Waals surface area contributed by atoms with Crippen molar-refractivity contribution < 1.29 is 8.57 Å². The van der Waals surface area contributed by atoms with Gasteiger partial charge in [0.15, 0.2) is 0 Å². The van der Waals surface area contributed by atoms with E-state index in [1.807, 2.05) is 0 Å². The van der Waals surface area contributed by atoms with Gasteiger partial charge in [0, 0.05) is 0 Å². The van der Waals surface area contributed by atoms with Crippen LogP contribution in [0.15, 0.2) is 12.1 Å². The molecule has 0 aromatic heterocycles. The second-order valence-electron chi connectivity index (χ2n) is 9.62. The van der Waals surface area contributed by atoms with Crippen molar-refractivity contribution in [1.29, 1.82) is 0 Å². The standard InChI is InChI=1S/C25H38FNOS2/c26-25(29-27)30-28-24-22(19-12-6-2-7-13-19)16-21(18-10-4-1-5-11-18)17-23(24)20-14-8-3-9-15-20/h16-20,25H,1-15,27H2. The summed E-state index contributed by atoms with van der Waals surface area (Å²) in [6.07, 6.45) is 19.6. The van der Waals surface area contributed by atoms with Gasteiger partial charge in [0.1, 0.15) is 17.8 Å². The van der Waals surface area contributed by atoms with Crippen molar-refractivity contribution in [3.8, 4) is 5.75 Å². The molecule has 0 saturated heterocycles. The lowest BCUT2D eigenvalue weighted by Gasteiger charge is -2.32. The van der Waals surface area contributed by atoms with Gasteiger partial charge >= 0.3 is 0 Å². The first kappa shape index (κ1) is 22.8. The molecule has 0 amide bonds. The van der Waals surface area contributed by atoms with Crippen LogP contribution in [-0.4, -0.2) is 4.84 Å². The fourth-order valence-corrected chi connectivity index (χ4v) is 6.67. The first-order valence-electron chi connectivity index (χ1n) is 12.3. The molecule has 0 radical (unpaired) electrons. The van der Waals surface area contributed by atoms with Crippen LogP contribution in [0.4, 0.5) is 4.39 Å². The SMILES string of the molecule is NSC(F)SOc1c(C2CCCCC2)cc(C2CCCCC2)cc1C1CCCCC1. The Bertz CT molecular complexity index is 628. The van der Waals surface area contributed by atoms with Crippen LogP contribution in [0.1, 0.15) is 131 Å². The Labute approximate surface area is 191 Å². The molecule has 4 rings (SSSR count). The molecule has 3 fully saturated rings. The average molecular weight is 452 g/mol. The Balaban J connectivity index is 1.73. The van der Waals surface area contributed by atoms with Gasteiger partial charge in [0.05, 0.1) is 0 Å². The normalized spacial score (nSPS) is 23.4. The van der Waals surface area contributed by atoms with E-state index in [0.717, 1.165) is 29.7 Å². The first-order chi connectivity index (χ1) is 14.8. The van der Waals surface area contributed by atoms with Gasteiger partial charge in [-0.3, -0.25) is 5.14 Å². The summed E-state index contributed by atoms with van der Waals surface area (Å²) in [6, 6.07) is 4.94. The third kappa shape index (κ3) is 5.69. The lowest BCUT2D eigenvalue weighted by atomic mass is 9.75. The second-order valence-corrected chi connectivity index (χ2v) is 11.4. The highest BCUT2D eigenvalue weighted by atomic mass is 32.2. The summed E-state index contributed by atoms with van der Waals surface area (Å²) in [4.78, 5) is -1.25. The van der Waals surface area contributed by atoms with E-state index in [4.69, 9.17) is 9.32 Å². The average Bonchev–Trinajstić information content (AvgIpc) is 2.83. The number of hydrogen-bond acceptors (Lipinski definition) is 4. The highest BCUT2D eigenvalue weighted by molar-refractivity contribution is 8.13. The predicted octanol–water partition coefficient (Wildman–Crippen LogP) is 8.72. The number of rotatable bonds is 7. The fraction of sp³-hybridized carbons (Fsp3) is 0.760. The molecule has 0 bridgehead atoms. The van der Waals surface area contributed by atoms with Gasteiger partial charge in [-0.1, -0.05) is 69.9 Å². The summed E-state index contributed by atoms with van der Waals surface area (Å²) in [5, 5.41) is 5.46. The van der Waals surface area contributed by atoms with Crippen LogP contribution in [0.25, 0.3) is 0 Å². The maximum atomic E-state index is 14.0. The van der Waals surface area contributed by atoms with Gasteiger partial charge in [-0.15, -0.1) is 0 Å². The van der Waals surface area contributed by atoms with Gasteiger partial charge in [-0.25, -0.2) is 4.39 Å². The van der Waals surface area contributed by atoms with Gasteiger partial charge in [-0.05, 0) is 84.9 Å². The lowest BCUT2D eigenvalue weighted by molar-refractivity contribution is 0.415. The number of alkyl halides is 1. The maximum Gasteiger partial charge on any atom is 0.241 e. The van der Waals surface area contributed by atoms with Crippen LogP contribution in [0, 0.1) is 0 Å². The lowest BCUT2D eigenvalue weighted by Crippen LogP contribution is -2.14. The Kier molecular flexibility index (Phi) is 8.71. The third-order valence-electron chi connectivity index (χ3n) is 7.65. The molecule has 5 heteroatoms. The van der Waals surface area contributed by atoms with E-state index in [0.29, 0.717) is 17.8 Å². The summed E-state index contributed by atoms with van der Waals surface area (Å²) >= 11 is 1.62. The monoisotopic (exact) mass is 451 g/mol. The molecule has 168 valence electrons. The zero-order chi connectivity index (χ0) is 20.8. The summed E-state index contributed by atoms with van der Waals surface area (Å²) in [6.45, 7) is 0. The molecular formula is C25H38FNOS2. The third-order valence-corrected chi connectivity index (χ3v) is 8.85. The molecule has 0 aliphatic heterocycles. The number of hydrogen-bond donors (Lipinski definition) is 1. The Morgan fingerprint density at radius 2 is 1.17 bits per heavy atom. The van der Waals surface area contributed by atoms with Crippen molar-refractivity contribution in [2.45, 2.75) is 119 Å². The highest BCUT2D eigenvalue weighted by Gasteiger charge is 2.29. The quantitative estimate of drug-likeness (QED) is 0.255. The molecule has 30 heavy (non-hydrogen) atoms. The van der Waals surface area contributed by atoms with Crippen molar-refractivity contribution in [3.05, 3.63) is 28.8 Å². The highest BCUT2D eigenvalue weighted by Crippen LogP contribution is 2.48. The predicted molar refractivity (Wildman–Crippen MR) is 129 cm³/mol. The van der Waals surface area contributed by atoms with Crippen molar-refractivity contribution >= 4 is 24.0 Å². The summed E-state index contributed by atoms with van der Waals surface area (Å²) in [5.74, 6) is 2.81. The van der Waals surface area contributed by atoms with E-state index >= 15 is 0 Å². The zero-order valence-electron chi connectivity index (χ0n) is 18.3. The molecule has 1 aromatic rings. The number of halogens is 1. The van der Waals surface area contributed by atoms with E-state index in [-0.39, 0.29) is 0 Å². The summed E-state index contributed by atoms with van der Waals surface area (Å²) in [7, 11) is 0. The smallest absolute Gasteiger partial charge is 0.241 e. The number of nitrogens with two attached hydrogens (primary N) is 1. The molecule has 1 aromatic carbocycles. The molecular weight excluding hydrogens is 413 g/mol. The Hall–Kier alpha value is -0.390. The van der Waals surface area contributed by atoms with E-state index in [2.05, 4.69) is 12.1 Å². The van der Waals surface area contributed by atoms with Crippen LogP contribution in [0.2, 0.25) is 0 Å². The van der Waals surface area contributed by atoms with Crippen molar-refractivity contribution in [1.82, 2.24) is 0 Å².